The summed E-state index contributed by atoms with van der Waals surface area (Å²) >= 11 is 0. The van der Waals surface area contributed by atoms with Crippen molar-refractivity contribution in [1.82, 2.24) is 5.32 Å². The van der Waals surface area contributed by atoms with E-state index in [0.717, 1.165) is 0 Å². The quantitative estimate of drug-likeness (QED) is 0.531. The van der Waals surface area contributed by atoms with Gasteiger partial charge in [-0.05, 0) is 24.3 Å². The molecular weight excluding hydrogens is 314 g/mol. The van der Waals surface area contributed by atoms with E-state index in [9.17, 15) is 20.0 Å². The predicted octanol–water partition coefficient (Wildman–Crippen LogP) is 2.16. The van der Waals surface area contributed by atoms with Gasteiger partial charge in [0, 0.05) is 24.4 Å². The van der Waals surface area contributed by atoms with Crippen molar-refractivity contribution in [3.05, 3.63) is 64.7 Å². The first-order valence-electron chi connectivity index (χ1n) is 7.20. The number of carbonyl (C=O) groups excluding carboxylic acids is 1. The number of benzene rings is 2. The Morgan fingerprint density at radius 1 is 1.17 bits per heavy atom. The van der Waals surface area contributed by atoms with Crippen LogP contribution in [-0.4, -0.2) is 35.3 Å². The number of non-ortho nitro benzene ring substituents is 1. The minimum atomic E-state index is -0.915. The number of para-hydroxylation sites is 1. The van der Waals surface area contributed by atoms with Gasteiger partial charge in [-0.15, -0.1) is 0 Å². The first-order chi connectivity index (χ1) is 11.5. The molecule has 0 aliphatic heterocycles. The first-order valence-corrected chi connectivity index (χ1v) is 7.20. The van der Waals surface area contributed by atoms with E-state index in [1.54, 1.807) is 24.3 Å². The number of amides is 2. The Bertz CT molecular complexity index is 676. The largest absolute Gasteiger partial charge is 0.491 e. The van der Waals surface area contributed by atoms with E-state index >= 15 is 0 Å². The number of aliphatic hydroxyl groups is 1. The lowest BCUT2D eigenvalue weighted by Gasteiger charge is -2.13. The van der Waals surface area contributed by atoms with Crippen LogP contribution in [0.1, 0.15) is 0 Å². The van der Waals surface area contributed by atoms with Crippen LogP contribution in [0, 0.1) is 10.1 Å². The van der Waals surface area contributed by atoms with Crippen molar-refractivity contribution in [2.24, 2.45) is 0 Å². The standard InChI is InChI=1S/C16H17N3O5/c20-14(10-17-16(21)18-12-4-2-1-3-5-12)11-24-15-8-6-13(7-9-15)19(22)23/h1-9,14,20H,10-11H2,(H2,17,18,21)/t14-/m1/s1. The molecule has 0 unspecified atom stereocenters. The Morgan fingerprint density at radius 3 is 2.46 bits per heavy atom. The van der Waals surface area contributed by atoms with Crippen molar-refractivity contribution >= 4 is 17.4 Å². The highest BCUT2D eigenvalue weighted by Gasteiger charge is 2.09. The van der Waals surface area contributed by atoms with Gasteiger partial charge in [0.1, 0.15) is 18.5 Å². The van der Waals surface area contributed by atoms with Gasteiger partial charge in [0.15, 0.2) is 0 Å². The van der Waals surface area contributed by atoms with E-state index in [1.807, 2.05) is 6.07 Å². The lowest BCUT2D eigenvalue weighted by atomic mass is 10.3. The van der Waals surface area contributed by atoms with Crippen LogP contribution < -0.4 is 15.4 Å². The summed E-state index contributed by atoms with van der Waals surface area (Å²) in [6, 6.07) is 14.0. The van der Waals surface area contributed by atoms with E-state index in [2.05, 4.69) is 10.6 Å². The number of nitro groups is 1. The fourth-order valence-electron chi connectivity index (χ4n) is 1.82. The maximum atomic E-state index is 11.7. The molecule has 0 heterocycles. The number of nitro benzene ring substituents is 1. The van der Waals surface area contributed by atoms with Gasteiger partial charge in [-0.1, -0.05) is 18.2 Å². The Morgan fingerprint density at radius 2 is 1.83 bits per heavy atom. The zero-order valence-electron chi connectivity index (χ0n) is 12.7. The number of hydrogen-bond acceptors (Lipinski definition) is 5. The molecule has 0 aliphatic carbocycles. The smallest absolute Gasteiger partial charge is 0.319 e. The van der Waals surface area contributed by atoms with Crippen molar-refractivity contribution in [3.63, 3.8) is 0 Å². The van der Waals surface area contributed by atoms with Gasteiger partial charge in [0.25, 0.3) is 5.69 Å². The Kier molecular flexibility index (Phi) is 6.09. The highest BCUT2D eigenvalue weighted by Crippen LogP contribution is 2.17. The molecule has 2 amide bonds. The van der Waals surface area contributed by atoms with Crippen molar-refractivity contribution in [1.29, 1.82) is 0 Å². The van der Waals surface area contributed by atoms with E-state index in [0.29, 0.717) is 11.4 Å². The minimum absolute atomic E-state index is 0.00560. The number of urea groups is 1. The van der Waals surface area contributed by atoms with Crippen LogP contribution in [0.25, 0.3) is 0 Å². The van der Waals surface area contributed by atoms with E-state index in [-0.39, 0.29) is 18.8 Å². The number of rotatable bonds is 7. The molecule has 3 N–H and O–H groups in total. The SMILES string of the molecule is O=C(NC[C@@H](O)COc1ccc([N+](=O)[O-])cc1)Nc1ccccc1. The second-order valence-corrected chi connectivity index (χ2v) is 4.92. The molecule has 2 aromatic carbocycles. The van der Waals surface area contributed by atoms with Crippen LogP contribution >= 0.6 is 0 Å². The number of aliphatic hydroxyl groups excluding tert-OH is 1. The molecule has 24 heavy (non-hydrogen) atoms. The maximum absolute atomic E-state index is 11.7. The van der Waals surface area contributed by atoms with Crippen molar-refractivity contribution in [3.8, 4) is 5.75 Å². The third kappa shape index (κ3) is 5.58. The fraction of sp³-hybridized carbons (Fsp3) is 0.188. The Balaban J connectivity index is 1.70. The Hall–Kier alpha value is -3.13. The number of nitrogens with one attached hydrogen (secondary N) is 2. The van der Waals surface area contributed by atoms with Crippen molar-refractivity contribution in [2.75, 3.05) is 18.5 Å². The van der Waals surface area contributed by atoms with Gasteiger partial charge < -0.3 is 20.5 Å². The maximum Gasteiger partial charge on any atom is 0.319 e. The summed E-state index contributed by atoms with van der Waals surface area (Å²) in [4.78, 5) is 21.7. The van der Waals surface area contributed by atoms with Gasteiger partial charge >= 0.3 is 6.03 Å². The summed E-state index contributed by atoms with van der Waals surface area (Å²) in [7, 11) is 0. The first kappa shape index (κ1) is 17.2. The molecule has 0 spiro atoms. The summed E-state index contributed by atoms with van der Waals surface area (Å²) in [5.41, 5.74) is 0.605. The molecule has 0 aromatic heterocycles. The van der Waals surface area contributed by atoms with Gasteiger partial charge in [-0.3, -0.25) is 10.1 Å². The summed E-state index contributed by atoms with van der Waals surface area (Å²) < 4.78 is 5.31. The lowest BCUT2D eigenvalue weighted by molar-refractivity contribution is -0.384. The number of hydrogen-bond donors (Lipinski definition) is 3. The molecule has 0 saturated heterocycles. The molecule has 8 heteroatoms. The van der Waals surface area contributed by atoms with E-state index in [1.165, 1.54) is 24.3 Å². The van der Waals surface area contributed by atoms with Crippen LogP contribution in [0.4, 0.5) is 16.2 Å². The normalized spacial score (nSPS) is 11.4. The fourth-order valence-corrected chi connectivity index (χ4v) is 1.82. The monoisotopic (exact) mass is 331 g/mol. The second-order valence-electron chi connectivity index (χ2n) is 4.92. The summed E-state index contributed by atoms with van der Waals surface area (Å²) in [5.74, 6) is 0.397. The average Bonchev–Trinajstić information content (AvgIpc) is 2.59. The van der Waals surface area contributed by atoms with Gasteiger partial charge in [-0.25, -0.2) is 4.79 Å². The molecule has 0 saturated carbocycles. The summed E-state index contributed by atoms with van der Waals surface area (Å²) in [6.07, 6.45) is -0.915. The molecule has 0 aliphatic rings. The molecule has 126 valence electrons. The number of carbonyl (C=O) groups is 1. The summed E-state index contributed by atoms with van der Waals surface area (Å²) in [5, 5.41) is 25.5. The van der Waals surface area contributed by atoms with Crippen molar-refractivity contribution < 1.29 is 19.6 Å². The average molecular weight is 331 g/mol. The molecular formula is C16H17N3O5. The highest BCUT2D eigenvalue weighted by molar-refractivity contribution is 5.89. The van der Waals surface area contributed by atoms with E-state index in [4.69, 9.17) is 4.74 Å². The van der Waals surface area contributed by atoms with Crippen LogP contribution in [0.15, 0.2) is 54.6 Å². The van der Waals surface area contributed by atoms with E-state index < -0.39 is 17.1 Å². The Labute approximate surface area is 138 Å². The zero-order valence-corrected chi connectivity index (χ0v) is 12.7. The highest BCUT2D eigenvalue weighted by atomic mass is 16.6. The third-order valence-corrected chi connectivity index (χ3v) is 3.02. The zero-order chi connectivity index (χ0) is 17.4. The molecule has 1 atom stereocenters. The second kappa shape index (κ2) is 8.49. The number of anilines is 1. The lowest BCUT2D eigenvalue weighted by Crippen LogP contribution is -2.37. The molecule has 0 radical (unpaired) electrons. The van der Waals surface area contributed by atoms with Crippen LogP contribution in [0.3, 0.4) is 0 Å². The van der Waals surface area contributed by atoms with Crippen molar-refractivity contribution in [2.45, 2.75) is 6.10 Å². The topological polar surface area (TPSA) is 114 Å². The molecule has 0 fully saturated rings. The molecule has 0 bridgehead atoms. The predicted molar refractivity (Wildman–Crippen MR) is 88.1 cm³/mol. The van der Waals surface area contributed by atoms with Gasteiger partial charge in [0.05, 0.1) is 4.92 Å². The third-order valence-electron chi connectivity index (χ3n) is 3.02. The number of nitrogens with zero attached hydrogens (tertiary/aromatic N) is 1. The minimum Gasteiger partial charge on any atom is -0.491 e. The van der Waals surface area contributed by atoms with Gasteiger partial charge in [0.2, 0.25) is 0 Å². The molecule has 2 aromatic rings. The van der Waals surface area contributed by atoms with Crippen LogP contribution in [-0.2, 0) is 0 Å². The molecule has 8 nitrogen and oxygen atoms in total. The molecule has 2 rings (SSSR count). The van der Waals surface area contributed by atoms with Crippen LogP contribution in [0.5, 0.6) is 5.75 Å². The number of ether oxygens (including phenoxy) is 1. The van der Waals surface area contributed by atoms with Crippen LogP contribution in [0.2, 0.25) is 0 Å². The summed E-state index contributed by atoms with van der Waals surface area (Å²) in [6.45, 7) is -0.0466. The van der Waals surface area contributed by atoms with Gasteiger partial charge in [-0.2, -0.15) is 0 Å².